The molecule has 2 N–H and O–H groups in total. The first-order chi connectivity index (χ1) is 16.9. The minimum Gasteiger partial charge on any atom is -0.496 e. The van der Waals surface area contributed by atoms with Crippen molar-refractivity contribution in [2.75, 3.05) is 51.3 Å². The van der Waals surface area contributed by atoms with Crippen LogP contribution < -0.4 is 15.0 Å². The highest BCUT2D eigenvalue weighted by atomic mass is 16.5. The van der Waals surface area contributed by atoms with Gasteiger partial charge < -0.3 is 20.1 Å². The number of piperazine rings is 1. The minimum atomic E-state index is -0.186. The van der Waals surface area contributed by atoms with Crippen LogP contribution in [0.1, 0.15) is 34.5 Å². The van der Waals surface area contributed by atoms with Gasteiger partial charge in [-0.25, -0.2) is 0 Å². The number of nitrogens with one attached hydrogen (secondary N) is 1. The highest BCUT2D eigenvalue weighted by Crippen LogP contribution is 2.32. The SMILES string of the molecule is COc1ccc(C(C)NC(=O)c2cc(N3CCN(CCO)CC3)ccc2C)cc1-c1cnn(C)c1. The van der Waals surface area contributed by atoms with Crippen molar-refractivity contribution in [2.24, 2.45) is 7.05 Å². The standard InChI is InChI=1S/C27H35N5O3/c1-19-5-7-23(32-11-9-31(10-12-32)13-14-33)16-24(19)27(34)29-20(2)21-6-8-26(35-4)25(15-21)22-17-28-30(3)18-22/h5-8,15-18,20,33H,9-14H2,1-4H3,(H,29,34). The van der Waals surface area contributed by atoms with E-state index in [2.05, 4.69) is 32.3 Å². The molecule has 1 fully saturated rings. The molecule has 2 aromatic carbocycles. The zero-order valence-corrected chi connectivity index (χ0v) is 21.0. The maximum Gasteiger partial charge on any atom is 0.252 e. The molecule has 4 rings (SSSR count). The zero-order chi connectivity index (χ0) is 24.9. The molecule has 0 saturated carbocycles. The molecular formula is C27H35N5O3. The van der Waals surface area contributed by atoms with E-state index in [-0.39, 0.29) is 18.6 Å². The third-order valence-electron chi connectivity index (χ3n) is 6.71. The number of amides is 1. The van der Waals surface area contributed by atoms with Crippen LogP contribution in [0.5, 0.6) is 5.75 Å². The third-order valence-corrected chi connectivity index (χ3v) is 6.71. The van der Waals surface area contributed by atoms with E-state index in [1.807, 2.05) is 57.6 Å². The van der Waals surface area contributed by atoms with Crippen molar-refractivity contribution in [3.05, 3.63) is 65.5 Å². The summed E-state index contributed by atoms with van der Waals surface area (Å²) in [6.45, 7) is 8.43. The molecule has 8 nitrogen and oxygen atoms in total. The Balaban J connectivity index is 1.49. The lowest BCUT2D eigenvalue weighted by Crippen LogP contribution is -2.47. The number of anilines is 1. The first kappa shape index (κ1) is 24.8. The summed E-state index contributed by atoms with van der Waals surface area (Å²) in [5.74, 6) is 0.678. The number of carbonyl (C=O) groups is 1. The normalized spacial score (nSPS) is 15.2. The van der Waals surface area contributed by atoms with Gasteiger partial charge in [-0.3, -0.25) is 14.4 Å². The molecule has 2 heterocycles. The fraction of sp³-hybridized carbons (Fsp3) is 0.407. The van der Waals surface area contributed by atoms with Crippen LogP contribution in [0, 0.1) is 6.92 Å². The molecule has 1 atom stereocenters. The van der Waals surface area contributed by atoms with Crippen LogP contribution >= 0.6 is 0 Å². The van der Waals surface area contributed by atoms with E-state index in [1.54, 1.807) is 11.8 Å². The number of aliphatic hydroxyl groups is 1. The highest BCUT2D eigenvalue weighted by molar-refractivity contribution is 5.97. The van der Waals surface area contributed by atoms with E-state index in [1.165, 1.54) is 0 Å². The summed E-state index contributed by atoms with van der Waals surface area (Å²) >= 11 is 0. The van der Waals surface area contributed by atoms with E-state index in [9.17, 15) is 9.90 Å². The van der Waals surface area contributed by atoms with Crippen LogP contribution in [0.15, 0.2) is 48.8 Å². The summed E-state index contributed by atoms with van der Waals surface area (Å²) in [6, 6.07) is 11.9. The first-order valence-electron chi connectivity index (χ1n) is 12.1. The van der Waals surface area contributed by atoms with E-state index >= 15 is 0 Å². The van der Waals surface area contributed by atoms with Crippen molar-refractivity contribution < 1.29 is 14.6 Å². The van der Waals surface area contributed by atoms with E-state index < -0.39 is 0 Å². The van der Waals surface area contributed by atoms with Crippen molar-refractivity contribution in [3.8, 4) is 16.9 Å². The van der Waals surface area contributed by atoms with Crippen LogP contribution in [0.2, 0.25) is 0 Å². The first-order valence-corrected chi connectivity index (χ1v) is 12.1. The smallest absolute Gasteiger partial charge is 0.252 e. The predicted octanol–water partition coefficient (Wildman–Crippen LogP) is 3.01. The number of aliphatic hydroxyl groups excluding tert-OH is 1. The lowest BCUT2D eigenvalue weighted by Gasteiger charge is -2.36. The van der Waals surface area contributed by atoms with Crippen LogP contribution in [0.25, 0.3) is 11.1 Å². The molecule has 0 bridgehead atoms. The number of carbonyl (C=O) groups excluding carboxylic acids is 1. The van der Waals surface area contributed by atoms with E-state index in [0.29, 0.717) is 12.1 Å². The number of aromatic nitrogens is 2. The molecule has 1 amide bonds. The molecular weight excluding hydrogens is 442 g/mol. The van der Waals surface area contributed by atoms with Crippen LogP contribution in [0.4, 0.5) is 5.69 Å². The van der Waals surface area contributed by atoms with Gasteiger partial charge in [-0.05, 0) is 49.2 Å². The predicted molar refractivity (Wildman–Crippen MR) is 138 cm³/mol. The topological polar surface area (TPSA) is 82.9 Å². The van der Waals surface area contributed by atoms with E-state index in [4.69, 9.17) is 4.74 Å². The summed E-state index contributed by atoms with van der Waals surface area (Å²) in [5.41, 5.74) is 5.59. The van der Waals surface area contributed by atoms with Gasteiger partial charge in [-0.2, -0.15) is 5.10 Å². The van der Waals surface area contributed by atoms with Gasteiger partial charge in [0, 0.05) is 68.3 Å². The van der Waals surface area contributed by atoms with Crippen LogP contribution in [0.3, 0.4) is 0 Å². The molecule has 1 aliphatic rings. The number of hydrogen-bond acceptors (Lipinski definition) is 6. The number of aryl methyl sites for hydroxylation is 2. The van der Waals surface area contributed by atoms with Gasteiger partial charge >= 0.3 is 0 Å². The molecule has 0 aliphatic carbocycles. The van der Waals surface area contributed by atoms with Gasteiger partial charge in [0.15, 0.2) is 0 Å². The number of β-amino-alcohol motifs (C(OH)–C–C–N with tert-alkyl or cyclic N) is 1. The molecule has 8 heteroatoms. The Labute approximate surface area is 207 Å². The van der Waals surface area contributed by atoms with Crippen LogP contribution in [-0.4, -0.2) is 72.1 Å². The lowest BCUT2D eigenvalue weighted by atomic mass is 10.00. The Hall–Kier alpha value is -3.36. The van der Waals surface area contributed by atoms with E-state index in [0.717, 1.165) is 59.9 Å². The Kier molecular flexibility index (Phi) is 7.73. The number of benzene rings is 2. The molecule has 1 aliphatic heterocycles. The van der Waals surface area contributed by atoms with Gasteiger partial charge in [0.2, 0.25) is 0 Å². The lowest BCUT2D eigenvalue weighted by molar-refractivity contribution is 0.0939. The van der Waals surface area contributed by atoms with Crippen molar-refractivity contribution in [3.63, 3.8) is 0 Å². The van der Waals surface area contributed by atoms with Gasteiger partial charge in [0.05, 0.1) is 26.0 Å². The fourth-order valence-corrected chi connectivity index (χ4v) is 4.56. The second-order valence-corrected chi connectivity index (χ2v) is 9.11. The average Bonchev–Trinajstić information content (AvgIpc) is 3.30. The number of ether oxygens (including phenoxy) is 1. The summed E-state index contributed by atoms with van der Waals surface area (Å²) in [5, 5.41) is 16.6. The maximum atomic E-state index is 13.3. The monoisotopic (exact) mass is 477 g/mol. The minimum absolute atomic E-state index is 0.0884. The van der Waals surface area contributed by atoms with Gasteiger partial charge in [-0.1, -0.05) is 12.1 Å². The quantitative estimate of drug-likeness (QED) is 0.519. The summed E-state index contributed by atoms with van der Waals surface area (Å²) < 4.78 is 7.32. The van der Waals surface area contributed by atoms with Crippen molar-refractivity contribution in [2.45, 2.75) is 19.9 Å². The molecule has 0 radical (unpaired) electrons. The fourth-order valence-electron chi connectivity index (χ4n) is 4.56. The number of methoxy groups -OCH3 is 1. The van der Waals surface area contributed by atoms with Crippen LogP contribution in [-0.2, 0) is 7.05 Å². The maximum absolute atomic E-state index is 13.3. The molecule has 1 unspecified atom stereocenters. The Bertz CT molecular complexity index is 1170. The number of rotatable bonds is 8. The molecule has 3 aromatic rings. The van der Waals surface area contributed by atoms with Gasteiger partial charge in [0.25, 0.3) is 5.91 Å². The van der Waals surface area contributed by atoms with Crippen molar-refractivity contribution in [1.29, 1.82) is 0 Å². The van der Waals surface area contributed by atoms with Gasteiger partial charge in [-0.15, -0.1) is 0 Å². The zero-order valence-electron chi connectivity index (χ0n) is 21.0. The Morgan fingerprint density at radius 3 is 2.60 bits per heavy atom. The molecule has 35 heavy (non-hydrogen) atoms. The average molecular weight is 478 g/mol. The molecule has 0 spiro atoms. The van der Waals surface area contributed by atoms with Crippen molar-refractivity contribution >= 4 is 11.6 Å². The molecule has 186 valence electrons. The molecule has 1 saturated heterocycles. The summed E-state index contributed by atoms with van der Waals surface area (Å²) in [6.07, 6.45) is 3.76. The highest BCUT2D eigenvalue weighted by Gasteiger charge is 2.20. The summed E-state index contributed by atoms with van der Waals surface area (Å²) in [4.78, 5) is 17.9. The largest absolute Gasteiger partial charge is 0.496 e. The summed E-state index contributed by atoms with van der Waals surface area (Å²) in [7, 11) is 3.54. The number of hydrogen-bond donors (Lipinski definition) is 2. The molecule has 1 aromatic heterocycles. The Morgan fingerprint density at radius 2 is 1.94 bits per heavy atom. The van der Waals surface area contributed by atoms with Gasteiger partial charge in [0.1, 0.15) is 5.75 Å². The Morgan fingerprint density at radius 1 is 1.17 bits per heavy atom. The third kappa shape index (κ3) is 5.66. The van der Waals surface area contributed by atoms with Crippen molar-refractivity contribution in [1.82, 2.24) is 20.0 Å². The second kappa shape index (κ2) is 10.9. The second-order valence-electron chi connectivity index (χ2n) is 9.11. The number of nitrogens with zero attached hydrogens (tertiary/aromatic N) is 4.